The second kappa shape index (κ2) is 12.9. The number of carbonyl (C=O) groups is 1. The summed E-state index contributed by atoms with van der Waals surface area (Å²) in [6.45, 7) is 2.57. The van der Waals surface area contributed by atoms with Gasteiger partial charge in [0.05, 0.1) is 23.4 Å². The Morgan fingerprint density at radius 2 is 1.52 bits per heavy atom. The third-order valence-electron chi connectivity index (χ3n) is 6.89. The molecule has 0 spiro atoms. The summed E-state index contributed by atoms with van der Waals surface area (Å²) >= 11 is 0. The maximum atomic E-state index is 13.6. The highest BCUT2D eigenvalue weighted by molar-refractivity contribution is 7.89. The van der Waals surface area contributed by atoms with Crippen LogP contribution < -0.4 is 10.1 Å². The molecule has 1 N–H and O–H groups in total. The summed E-state index contributed by atoms with van der Waals surface area (Å²) in [5.41, 5.74) is 2.11. The summed E-state index contributed by atoms with van der Waals surface area (Å²) in [6, 6.07) is 20.1. The van der Waals surface area contributed by atoms with Gasteiger partial charge < -0.3 is 10.1 Å². The van der Waals surface area contributed by atoms with Crippen molar-refractivity contribution < 1.29 is 26.4 Å². The highest BCUT2D eigenvalue weighted by Crippen LogP contribution is 2.25. The highest BCUT2D eigenvalue weighted by Gasteiger charge is 2.28. The van der Waals surface area contributed by atoms with Crippen LogP contribution in [0.5, 0.6) is 5.75 Å². The highest BCUT2D eigenvalue weighted by atomic mass is 32.2. The maximum Gasteiger partial charge on any atom is 0.243 e. The molecule has 3 aromatic rings. The number of rotatable bonds is 11. The van der Waals surface area contributed by atoms with E-state index in [2.05, 4.69) is 5.32 Å². The zero-order valence-corrected chi connectivity index (χ0v) is 24.4. The van der Waals surface area contributed by atoms with Crippen molar-refractivity contribution >= 4 is 26.0 Å². The van der Waals surface area contributed by atoms with Crippen LogP contribution in [-0.2, 0) is 37.9 Å². The van der Waals surface area contributed by atoms with Gasteiger partial charge in [-0.1, -0.05) is 48.9 Å². The number of nitrogens with zero attached hydrogens (tertiary/aromatic N) is 2. The molecule has 1 aliphatic rings. The van der Waals surface area contributed by atoms with Gasteiger partial charge in [0.15, 0.2) is 0 Å². The van der Waals surface area contributed by atoms with Crippen molar-refractivity contribution in [2.75, 3.05) is 26.7 Å². The number of hydrogen-bond donors (Lipinski definition) is 1. The molecule has 0 unspecified atom stereocenters. The zero-order chi connectivity index (χ0) is 28.8. The van der Waals surface area contributed by atoms with E-state index in [0.29, 0.717) is 30.0 Å². The fraction of sp³-hybridized carbons (Fsp3) is 0.345. The summed E-state index contributed by atoms with van der Waals surface area (Å²) < 4.78 is 60.9. The predicted molar refractivity (Wildman–Crippen MR) is 153 cm³/mol. The number of piperidine rings is 1. The van der Waals surface area contributed by atoms with Crippen molar-refractivity contribution in [2.24, 2.45) is 0 Å². The van der Waals surface area contributed by atoms with Crippen molar-refractivity contribution in [3.63, 3.8) is 0 Å². The van der Waals surface area contributed by atoms with E-state index in [9.17, 15) is 21.6 Å². The van der Waals surface area contributed by atoms with Crippen LogP contribution in [0.2, 0.25) is 0 Å². The molecule has 4 rings (SSSR count). The van der Waals surface area contributed by atoms with Crippen LogP contribution in [0.25, 0.3) is 0 Å². The van der Waals surface area contributed by atoms with Crippen LogP contribution in [0.3, 0.4) is 0 Å². The lowest BCUT2D eigenvalue weighted by Crippen LogP contribution is -2.40. The standard InChI is InChI=1S/C29H35N3O6S2/c1-23-19-27(15-16-28(23)38-2)40(36,37)32(21-25-9-5-3-6-10-25)22-29(33)30-20-24-11-13-26(14-12-24)39(34,35)31-17-7-4-8-18-31/h3,5-6,9-16,19H,4,7-8,17-18,20-22H2,1-2H3,(H,30,33). The molecule has 0 aliphatic carbocycles. The molecule has 0 aromatic heterocycles. The van der Waals surface area contributed by atoms with E-state index in [1.54, 1.807) is 49.4 Å². The number of methoxy groups -OCH3 is 1. The number of ether oxygens (including phenoxy) is 1. The molecule has 1 amide bonds. The van der Waals surface area contributed by atoms with Gasteiger partial charge in [0, 0.05) is 26.2 Å². The van der Waals surface area contributed by atoms with Gasteiger partial charge in [-0.2, -0.15) is 8.61 Å². The lowest BCUT2D eigenvalue weighted by atomic mass is 10.2. The lowest BCUT2D eigenvalue weighted by molar-refractivity contribution is -0.121. The van der Waals surface area contributed by atoms with E-state index in [1.165, 1.54) is 23.5 Å². The van der Waals surface area contributed by atoms with Crippen LogP contribution >= 0.6 is 0 Å². The van der Waals surface area contributed by atoms with Crippen LogP contribution in [-0.4, -0.2) is 58.1 Å². The van der Waals surface area contributed by atoms with Gasteiger partial charge in [-0.15, -0.1) is 0 Å². The second-order valence-electron chi connectivity index (χ2n) is 9.78. The molecule has 0 radical (unpaired) electrons. The Kier molecular flexibility index (Phi) is 9.62. The minimum atomic E-state index is -4.01. The van der Waals surface area contributed by atoms with Gasteiger partial charge >= 0.3 is 0 Å². The molecular formula is C29H35N3O6S2. The lowest BCUT2D eigenvalue weighted by Gasteiger charge is -2.25. The fourth-order valence-corrected chi connectivity index (χ4v) is 7.61. The summed E-state index contributed by atoms with van der Waals surface area (Å²) in [4.78, 5) is 13.2. The van der Waals surface area contributed by atoms with Crippen LogP contribution in [0.4, 0.5) is 0 Å². The first kappa shape index (κ1) is 29.7. The number of carbonyl (C=O) groups excluding carboxylic acids is 1. The number of hydrogen-bond acceptors (Lipinski definition) is 6. The van der Waals surface area contributed by atoms with E-state index >= 15 is 0 Å². The van der Waals surface area contributed by atoms with Gasteiger partial charge in [-0.05, 0) is 66.8 Å². The van der Waals surface area contributed by atoms with Crippen LogP contribution in [0.15, 0.2) is 82.6 Å². The molecule has 0 saturated carbocycles. The smallest absolute Gasteiger partial charge is 0.243 e. The summed E-state index contributed by atoms with van der Waals surface area (Å²) in [6.07, 6.45) is 2.76. The molecule has 0 bridgehead atoms. The van der Waals surface area contributed by atoms with Crippen molar-refractivity contribution in [1.29, 1.82) is 0 Å². The van der Waals surface area contributed by atoms with E-state index in [0.717, 1.165) is 29.1 Å². The normalized spacial score (nSPS) is 14.7. The van der Waals surface area contributed by atoms with E-state index in [4.69, 9.17) is 4.74 Å². The minimum absolute atomic E-state index is 0.0186. The van der Waals surface area contributed by atoms with Crippen molar-refractivity contribution in [3.05, 3.63) is 89.5 Å². The number of aryl methyl sites for hydroxylation is 1. The first-order chi connectivity index (χ1) is 19.1. The van der Waals surface area contributed by atoms with Crippen LogP contribution in [0, 0.1) is 6.92 Å². The average molecular weight is 586 g/mol. The van der Waals surface area contributed by atoms with Crippen molar-refractivity contribution in [3.8, 4) is 5.75 Å². The molecular weight excluding hydrogens is 550 g/mol. The number of nitrogens with one attached hydrogen (secondary N) is 1. The third kappa shape index (κ3) is 7.08. The quantitative estimate of drug-likeness (QED) is 0.367. The fourth-order valence-electron chi connectivity index (χ4n) is 4.62. The average Bonchev–Trinajstić information content (AvgIpc) is 2.97. The van der Waals surface area contributed by atoms with Gasteiger partial charge in [-0.25, -0.2) is 16.8 Å². The number of benzene rings is 3. The first-order valence-electron chi connectivity index (χ1n) is 13.2. The maximum absolute atomic E-state index is 13.6. The van der Waals surface area contributed by atoms with Crippen molar-refractivity contribution in [2.45, 2.75) is 49.1 Å². The van der Waals surface area contributed by atoms with Gasteiger partial charge in [0.1, 0.15) is 5.75 Å². The Morgan fingerprint density at radius 3 is 2.15 bits per heavy atom. The molecule has 214 valence electrons. The zero-order valence-electron chi connectivity index (χ0n) is 22.7. The molecule has 3 aromatic carbocycles. The Labute approximate surface area is 236 Å². The molecule has 9 nitrogen and oxygen atoms in total. The molecule has 1 heterocycles. The predicted octanol–water partition coefficient (Wildman–Crippen LogP) is 3.69. The van der Waals surface area contributed by atoms with Crippen molar-refractivity contribution in [1.82, 2.24) is 13.9 Å². The molecule has 1 fully saturated rings. The summed E-state index contributed by atoms with van der Waals surface area (Å²) in [5.74, 6) is 0.0933. The monoisotopic (exact) mass is 585 g/mol. The Morgan fingerprint density at radius 1 is 0.875 bits per heavy atom. The van der Waals surface area contributed by atoms with Crippen LogP contribution in [0.1, 0.15) is 36.0 Å². The summed E-state index contributed by atoms with van der Waals surface area (Å²) in [7, 11) is -6.04. The Bertz CT molecular complexity index is 1520. The number of amides is 1. The Hall–Kier alpha value is -3.25. The first-order valence-corrected chi connectivity index (χ1v) is 16.0. The Balaban J connectivity index is 1.46. The van der Waals surface area contributed by atoms with E-state index in [1.807, 2.05) is 18.2 Å². The minimum Gasteiger partial charge on any atom is -0.496 e. The second-order valence-corrected chi connectivity index (χ2v) is 13.7. The largest absolute Gasteiger partial charge is 0.496 e. The third-order valence-corrected chi connectivity index (χ3v) is 10.6. The van der Waals surface area contributed by atoms with Gasteiger partial charge in [-0.3, -0.25) is 4.79 Å². The SMILES string of the molecule is COc1ccc(S(=O)(=O)N(CC(=O)NCc2ccc(S(=O)(=O)N3CCCCC3)cc2)Cc2ccccc2)cc1C. The number of sulfonamides is 2. The summed E-state index contributed by atoms with van der Waals surface area (Å²) in [5, 5.41) is 2.77. The molecule has 0 atom stereocenters. The molecule has 40 heavy (non-hydrogen) atoms. The van der Waals surface area contributed by atoms with E-state index < -0.39 is 26.0 Å². The molecule has 11 heteroatoms. The van der Waals surface area contributed by atoms with Gasteiger partial charge in [0.25, 0.3) is 0 Å². The van der Waals surface area contributed by atoms with E-state index in [-0.39, 0.29) is 29.4 Å². The molecule has 1 saturated heterocycles. The molecule has 1 aliphatic heterocycles. The topological polar surface area (TPSA) is 113 Å². The van der Waals surface area contributed by atoms with Gasteiger partial charge in [0.2, 0.25) is 26.0 Å².